The highest BCUT2D eigenvalue weighted by atomic mass is 16.4. The fourth-order valence-corrected chi connectivity index (χ4v) is 6.07. The van der Waals surface area contributed by atoms with Crippen LogP contribution >= 0.6 is 0 Å². The first-order chi connectivity index (χ1) is 30.4. The molecular formula is C41H67N13O11. The molecule has 0 heterocycles. The summed E-state index contributed by atoms with van der Waals surface area (Å²) in [4.78, 5) is 132. The van der Waals surface area contributed by atoms with E-state index in [1.807, 2.05) is 0 Å². The Morgan fingerprint density at radius 1 is 0.662 bits per heavy atom. The quantitative estimate of drug-likeness (QED) is 0.0199. The lowest BCUT2D eigenvalue weighted by Gasteiger charge is -2.26. The van der Waals surface area contributed by atoms with Crippen molar-refractivity contribution in [2.24, 2.45) is 45.5 Å². The number of nitrogens with one attached hydrogen (secondary N) is 7. The first kappa shape index (κ1) is 56.2. The predicted molar refractivity (Wildman–Crippen MR) is 237 cm³/mol. The highest BCUT2D eigenvalue weighted by molar-refractivity contribution is 5.98. The number of primary amides is 2. The van der Waals surface area contributed by atoms with Gasteiger partial charge in [0.25, 0.3) is 0 Å². The molecule has 0 aliphatic heterocycles. The van der Waals surface area contributed by atoms with E-state index in [0.717, 1.165) is 0 Å². The van der Waals surface area contributed by atoms with Crippen LogP contribution in [-0.4, -0.2) is 126 Å². The van der Waals surface area contributed by atoms with Gasteiger partial charge in [-0.25, -0.2) is 4.79 Å². The van der Waals surface area contributed by atoms with Gasteiger partial charge in [0.15, 0.2) is 5.96 Å². The number of carboxylic acid groups (broad SMARTS) is 1. The minimum absolute atomic E-state index is 0.0472. The third-order valence-electron chi connectivity index (χ3n) is 9.88. The number of carbonyl (C=O) groups is 10. The third-order valence-corrected chi connectivity index (χ3v) is 9.88. The number of aliphatic imine (C=N–C) groups is 1. The van der Waals surface area contributed by atoms with Crippen LogP contribution in [0.15, 0.2) is 35.3 Å². The van der Waals surface area contributed by atoms with Crippen molar-refractivity contribution in [2.45, 2.75) is 128 Å². The van der Waals surface area contributed by atoms with Gasteiger partial charge in [-0.2, -0.15) is 0 Å². The van der Waals surface area contributed by atoms with Crippen molar-refractivity contribution in [3.05, 3.63) is 35.9 Å². The smallest absolute Gasteiger partial charge is 0.326 e. The number of hydrogen-bond donors (Lipinski definition) is 13. The fourth-order valence-electron chi connectivity index (χ4n) is 6.07. The third kappa shape index (κ3) is 22.4. The molecule has 65 heavy (non-hydrogen) atoms. The molecule has 0 spiro atoms. The van der Waals surface area contributed by atoms with Crippen molar-refractivity contribution in [1.82, 2.24) is 37.2 Å². The predicted octanol–water partition coefficient (Wildman–Crippen LogP) is -4.03. The summed E-state index contributed by atoms with van der Waals surface area (Å²) in [7, 11) is 0. The van der Waals surface area contributed by atoms with E-state index in [4.69, 9.17) is 28.7 Å². The molecule has 0 saturated heterocycles. The zero-order valence-corrected chi connectivity index (χ0v) is 37.5. The molecule has 362 valence electrons. The molecule has 24 heteroatoms. The van der Waals surface area contributed by atoms with Gasteiger partial charge in [-0.05, 0) is 50.0 Å². The number of carbonyl (C=O) groups excluding carboxylic acids is 9. The largest absolute Gasteiger partial charge is 0.480 e. The monoisotopic (exact) mass is 918 g/mol. The van der Waals surface area contributed by atoms with E-state index in [2.05, 4.69) is 42.2 Å². The minimum atomic E-state index is -1.70. The zero-order chi connectivity index (χ0) is 49.4. The minimum Gasteiger partial charge on any atom is -0.480 e. The Hall–Kier alpha value is -6.85. The van der Waals surface area contributed by atoms with Crippen molar-refractivity contribution in [3.63, 3.8) is 0 Å². The molecule has 0 aliphatic rings. The van der Waals surface area contributed by atoms with Gasteiger partial charge in [-0.1, -0.05) is 64.4 Å². The number of amides is 9. The average molecular weight is 918 g/mol. The summed E-state index contributed by atoms with van der Waals surface area (Å²) >= 11 is 0. The molecule has 0 saturated carbocycles. The average Bonchev–Trinajstić information content (AvgIpc) is 3.23. The second kappa shape index (κ2) is 28.8. The maximum Gasteiger partial charge on any atom is 0.326 e. The van der Waals surface area contributed by atoms with E-state index >= 15 is 0 Å². The van der Waals surface area contributed by atoms with Crippen molar-refractivity contribution in [1.29, 1.82) is 0 Å². The zero-order valence-electron chi connectivity index (χ0n) is 37.5. The maximum absolute atomic E-state index is 13.6. The first-order valence-corrected chi connectivity index (χ1v) is 21.2. The van der Waals surface area contributed by atoms with Crippen LogP contribution < -0.4 is 65.9 Å². The Labute approximate surface area is 377 Å². The summed E-state index contributed by atoms with van der Waals surface area (Å²) < 4.78 is 0. The van der Waals surface area contributed by atoms with E-state index in [0.29, 0.717) is 18.4 Å². The number of nitrogens with zero attached hydrogens (tertiary/aromatic N) is 1. The summed E-state index contributed by atoms with van der Waals surface area (Å²) in [6.07, 6.45) is -0.514. The van der Waals surface area contributed by atoms with Crippen molar-refractivity contribution >= 4 is 65.1 Å². The summed E-state index contributed by atoms with van der Waals surface area (Å²) in [6.45, 7) is 7.79. The number of aliphatic carboxylic acids is 1. The molecule has 0 aromatic heterocycles. The van der Waals surface area contributed by atoms with Gasteiger partial charge in [0.2, 0.25) is 53.2 Å². The van der Waals surface area contributed by atoms with Crippen molar-refractivity contribution < 1.29 is 53.1 Å². The molecule has 1 aromatic carbocycles. The number of benzene rings is 1. The number of carboxylic acids is 1. The van der Waals surface area contributed by atoms with Crippen LogP contribution in [0.5, 0.6) is 0 Å². The second-order valence-electron chi connectivity index (χ2n) is 16.0. The molecular weight excluding hydrogens is 851 g/mol. The van der Waals surface area contributed by atoms with E-state index in [1.165, 1.54) is 6.92 Å². The molecule has 0 bridgehead atoms. The molecule has 8 atom stereocenters. The fraction of sp³-hybridized carbons (Fsp3) is 0.585. The lowest BCUT2D eigenvalue weighted by Crippen LogP contribution is -2.59. The van der Waals surface area contributed by atoms with Gasteiger partial charge in [0.05, 0.1) is 19.0 Å². The van der Waals surface area contributed by atoms with Crippen LogP contribution in [0.4, 0.5) is 0 Å². The van der Waals surface area contributed by atoms with Gasteiger partial charge in [0, 0.05) is 19.4 Å². The Kier molecular flexibility index (Phi) is 24.9. The number of nitrogens with two attached hydrogens (primary N) is 5. The van der Waals surface area contributed by atoms with Crippen LogP contribution in [0, 0.1) is 11.8 Å². The topological polar surface area (TPSA) is 418 Å². The Balaban J connectivity index is 3.13. The summed E-state index contributed by atoms with van der Waals surface area (Å²) in [5.74, 6) is -9.93. The SMILES string of the molecule is CC[C@H](C)[C@H](NC(=O)[C@@H](N)CCCN=C(N)N)C(=O)NCC(=O)N[C@@H](CC(N)=O)C(=O)N[C@@H](CCC(N)=O)C(=O)N[C@@H](C)C(=O)N[C@@H](Cc1ccccc1)C(=O)N[C@@H](CC(C)C)C(=O)O. The Bertz CT molecular complexity index is 1840. The van der Waals surface area contributed by atoms with E-state index in [1.54, 1.807) is 58.0 Å². The molecule has 18 N–H and O–H groups in total. The van der Waals surface area contributed by atoms with Crippen LogP contribution in [0.1, 0.15) is 85.1 Å². The molecule has 0 unspecified atom stereocenters. The molecule has 1 aromatic rings. The van der Waals surface area contributed by atoms with E-state index in [-0.39, 0.29) is 37.7 Å². The number of guanidine groups is 1. The second-order valence-corrected chi connectivity index (χ2v) is 16.0. The summed E-state index contributed by atoms with van der Waals surface area (Å²) in [5, 5.41) is 26.6. The van der Waals surface area contributed by atoms with Crippen LogP contribution in [0.2, 0.25) is 0 Å². The van der Waals surface area contributed by atoms with Crippen molar-refractivity contribution in [2.75, 3.05) is 13.1 Å². The number of hydrogen-bond acceptors (Lipinski definition) is 12. The summed E-state index contributed by atoms with van der Waals surface area (Å²) in [5.41, 5.74) is 27.9. The van der Waals surface area contributed by atoms with Gasteiger partial charge in [-0.3, -0.25) is 48.1 Å². The molecule has 9 amide bonds. The van der Waals surface area contributed by atoms with E-state index in [9.17, 15) is 53.1 Å². The lowest BCUT2D eigenvalue weighted by molar-refractivity contribution is -0.142. The van der Waals surface area contributed by atoms with Gasteiger partial charge in [-0.15, -0.1) is 0 Å². The van der Waals surface area contributed by atoms with Crippen LogP contribution in [0.25, 0.3) is 0 Å². The molecule has 24 nitrogen and oxygen atoms in total. The first-order valence-electron chi connectivity index (χ1n) is 21.2. The molecule has 0 fully saturated rings. The highest BCUT2D eigenvalue weighted by Gasteiger charge is 2.33. The maximum atomic E-state index is 13.6. The van der Waals surface area contributed by atoms with Crippen molar-refractivity contribution in [3.8, 4) is 0 Å². The number of rotatable bonds is 30. The standard InChI is InChI=1S/C41H67N13O11/c1-6-22(4)33(54-35(59)25(42)13-10-16-47-41(45)46)39(63)48-20-32(57)50-28(19-31(44)56)38(62)51-26(14-15-30(43)55)36(60)49-23(5)34(58)52-27(18-24-11-8-7-9-12-24)37(61)53-29(40(64)65)17-21(2)3/h7-9,11-12,21-23,25-29,33H,6,10,13-20,42H2,1-5H3,(H2,43,55)(H2,44,56)(H,48,63)(H,49,60)(H,50,57)(H,51,62)(H,52,58)(H,53,61)(H,54,59)(H,64,65)(H4,45,46,47)/t22-,23-,25-,26-,27-,28-,29-,33-/m0/s1. The van der Waals surface area contributed by atoms with Gasteiger partial charge >= 0.3 is 5.97 Å². The van der Waals surface area contributed by atoms with Gasteiger partial charge < -0.3 is 71.0 Å². The van der Waals surface area contributed by atoms with Crippen LogP contribution in [0.3, 0.4) is 0 Å². The van der Waals surface area contributed by atoms with Crippen LogP contribution in [-0.2, 0) is 54.4 Å². The summed E-state index contributed by atoms with van der Waals surface area (Å²) in [6, 6.07) is -0.771. The molecule has 1 rings (SSSR count). The Morgan fingerprint density at radius 3 is 1.80 bits per heavy atom. The highest BCUT2D eigenvalue weighted by Crippen LogP contribution is 2.11. The van der Waals surface area contributed by atoms with Gasteiger partial charge in [0.1, 0.15) is 36.3 Å². The van der Waals surface area contributed by atoms with E-state index < -0.39 is 133 Å². The lowest BCUT2D eigenvalue weighted by atomic mass is 9.97. The molecule has 0 aliphatic carbocycles. The molecule has 0 radical (unpaired) electrons. The normalized spacial score (nSPS) is 14.6. The Morgan fingerprint density at radius 2 is 1.25 bits per heavy atom.